The van der Waals surface area contributed by atoms with Gasteiger partial charge in [-0.25, -0.2) is 9.50 Å². The molecule has 0 saturated heterocycles. The molecule has 5 nitrogen and oxygen atoms in total. The zero-order valence-corrected chi connectivity index (χ0v) is 16.9. The predicted molar refractivity (Wildman–Crippen MR) is 109 cm³/mol. The third-order valence-electron chi connectivity index (χ3n) is 4.39. The highest BCUT2D eigenvalue weighted by Gasteiger charge is 2.35. The van der Waals surface area contributed by atoms with Crippen LogP contribution in [0, 0.1) is 0 Å². The lowest BCUT2D eigenvalue weighted by Gasteiger charge is -2.11. The van der Waals surface area contributed by atoms with Crippen LogP contribution in [0.2, 0.25) is 0 Å². The molecule has 0 bridgehead atoms. The van der Waals surface area contributed by atoms with E-state index in [1.807, 2.05) is 30.3 Å². The Morgan fingerprint density at radius 3 is 2.40 bits per heavy atom. The largest absolute Gasteiger partial charge is 0.433 e. The first kappa shape index (κ1) is 20.1. The number of aromatic nitrogens is 3. The zero-order valence-electron chi connectivity index (χ0n) is 15.3. The van der Waals surface area contributed by atoms with Crippen LogP contribution in [0.25, 0.3) is 16.9 Å². The van der Waals surface area contributed by atoms with Gasteiger partial charge < -0.3 is 5.32 Å². The van der Waals surface area contributed by atoms with Crippen molar-refractivity contribution in [1.82, 2.24) is 19.9 Å². The molecule has 30 heavy (non-hydrogen) atoms. The maximum absolute atomic E-state index is 13.7. The van der Waals surface area contributed by atoms with Crippen LogP contribution in [0.1, 0.15) is 21.7 Å². The molecule has 152 valence electrons. The first-order valence-corrected chi connectivity index (χ1v) is 9.66. The lowest BCUT2D eigenvalue weighted by molar-refractivity contribution is -0.142. The molecule has 0 fully saturated rings. The summed E-state index contributed by atoms with van der Waals surface area (Å²) < 4.78 is 42.4. The second-order valence-electron chi connectivity index (χ2n) is 6.50. The molecule has 0 spiro atoms. The van der Waals surface area contributed by atoms with Crippen LogP contribution in [0.4, 0.5) is 13.2 Å². The van der Waals surface area contributed by atoms with Crippen LogP contribution in [0.15, 0.2) is 71.2 Å². The van der Waals surface area contributed by atoms with Gasteiger partial charge in [0.2, 0.25) is 0 Å². The number of halogens is 4. The van der Waals surface area contributed by atoms with Crippen molar-refractivity contribution in [2.75, 3.05) is 0 Å². The Balaban J connectivity index is 1.71. The molecule has 0 atom stereocenters. The minimum atomic E-state index is -4.67. The van der Waals surface area contributed by atoms with Gasteiger partial charge in [0.05, 0.1) is 5.69 Å². The number of alkyl halides is 3. The van der Waals surface area contributed by atoms with Crippen molar-refractivity contribution in [3.63, 3.8) is 0 Å². The highest BCUT2D eigenvalue weighted by Crippen LogP contribution is 2.32. The minimum Gasteiger partial charge on any atom is -0.347 e. The van der Waals surface area contributed by atoms with Crippen molar-refractivity contribution < 1.29 is 18.0 Å². The normalized spacial score (nSPS) is 11.6. The fourth-order valence-electron chi connectivity index (χ4n) is 2.92. The number of rotatable bonds is 4. The first-order chi connectivity index (χ1) is 14.3. The van der Waals surface area contributed by atoms with Crippen LogP contribution in [-0.4, -0.2) is 20.5 Å². The number of nitrogens with zero attached hydrogens (tertiary/aromatic N) is 3. The van der Waals surface area contributed by atoms with Gasteiger partial charge in [0.25, 0.3) is 5.91 Å². The monoisotopic (exact) mass is 474 g/mol. The highest BCUT2D eigenvalue weighted by molar-refractivity contribution is 9.10. The van der Waals surface area contributed by atoms with Crippen molar-refractivity contribution in [2.24, 2.45) is 0 Å². The van der Waals surface area contributed by atoms with Crippen LogP contribution in [-0.2, 0) is 12.7 Å². The molecule has 0 unspecified atom stereocenters. The van der Waals surface area contributed by atoms with Crippen molar-refractivity contribution in [3.8, 4) is 11.3 Å². The summed E-state index contributed by atoms with van der Waals surface area (Å²) in [6.45, 7) is 0.233. The Morgan fingerprint density at radius 2 is 1.73 bits per heavy atom. The lowest BCUT2D eigenvalue weighted by atomic mass is 10.1. The molecular formula is C21H14BrF3N4O. The third kappa shape index (κ3) is 4.20. The molecule has 2 heterocycles. The van der Waals surface area contributed by atoms with Crippen LogP contribution >= 0.6 is 15.9 Å². The molecule has 0 saturated carbocycles. The molecule has 1 amide bonds. The number of hydrogen-bond acceptors (Lipinski definition) is 3. The minimum absolute atomic E-state index is 0.0624. The smallest absolute Gasteiger partial charge is 0.347 e. The van der Waals surface area contributed by atoms with E-state index in [9.17, 15) is 18.0 Å². The number of amides is 1. The number of hydrogen-bond donors (Lipinski definition) is 1. The van der Waals surface area contributed by atoms with Crippen LogP contribution < -0.4 is 5.32 Å². The number of nitrogens with one attached hydrogen (secondary N) is 1. The van der Waals surface area contributed by atoms with Crippen molar-refractivity contribution in [1.29, 1.82) is 0 Å². The second kappa shape index (κ2) is 7.91. The van der Waals surface area contributed by atoms with E-state index in [-0.39, 0.29) is 23.6 Å². The lowest BCUT2D eigenvalue weighted by Crippen LogP contribution is -2.23. The summed E-state index contributed by atoms with van der Waals surface area (Å²) in [6.07, 6.45) is -4.67. The maximum atomic E-state index is 13.7. The van der Waals surface area contributed by atoms with Gasteiger partial charge in [0.15, 0.2) is 17.0 Å². The zero-order chi connectivity index (χ0) is 21.3. The molecule has 0 aliphatic heterocycles. The first-order valence-electron chi connectivity index (χ1n) is 8.87. The second-order valence-corrected chi connectivity index (χ2v) is 7.41. The molecule has 4 aromatic rings. The van der Waals surface area contributed by atoms with E-state index < -0.39 is 17.8 Å². The van der Waals surface area contributed by atoms with Gasteiger partial charge in [0.1, 0.15) is 0 Å². The van der Waals surface area contributed by atoms with Gasteiger partial charge in [-0.3, -0.25) is 4.79 Å². The summed E-state index contributed by atoms with van der Waals surface area (Å²) in [5, 5.41) is 6.51. The summed E-state index contributed by atoms with van der Waals surface area (Å²) >= 11 is 3.30. The van der Waals surface area contributed by atoms with Gasteiger partial charge in [-0.15, -0.1) is 0 Å². The SMILES string of the molecule is O=C(NCc1ccccc1)c1cc2nc(-c3ccc(Br)cc3)cc(C(F)(F)F)n2n1. The quantitative estimate of drug-likeness (QED) is 0.447. The molecule has 0 aliphatic rings. The number of carbonyl (C=O) groups excluding carboxylic acids is 1. The number of carbonyl (C=O) groups is 1. The summed E-state index contributed by atoms with van der Waals surface area (Å²) in [5.74, 6) is -0.581. The maximum Gasteiger partial charge on any atom is 0.433 e. The van der Waals surface area contributed by atoms with E-state index >= 15 is 0 Å². The third-order valence-corrected chi connectivity index (χ3v) is 4.91. The molecule has 2 aromatic carbocycles. The molecule has 1 N–H and O–H groups in total. The number of fused-ring (bicyclic) bond motifs is 1. The molecule has 9 heteroatoms. The van der Waals surface area contributed by atoms with E-state index in [0.717, 1.165) is 16.1 Å². The van der Waals surface area contributed by atoms with E-state index in [1.54, 1.807) is 24.3 Å². The number of benzene rings is 2. The van der Waals surface area contributed by atoms with Gasteiger partial charge in [-0.1, -0.05) is 58.4 Å². The van der Waals surface area contributed by atoms with E-state index in [4.69, 9.17) is 0 Å². The molecular weight excluding hydrogens is 461 g/mol. The molecule has 0 radical (unpaired) electrons. The van der Waals surface area contributed by atoms with E-state index in [1.165, 1.54) is 6.07 Å². The van der Waals surface area contributed by atoms with Crippen LogP contribution in [0.3, 0.4) is 0 Å². The fourth-order valence-corrected chi connectivity index (χ4v) is 3.19. The molecule has 0 aliphatic carbocycles. The Bertz CT molecular complexity index is 1200. The summed E-state index contributed by atoms with van der Waals surface area (Å²) in [5.41, 5.74) is 0.305. The van der Waals surface area contributed by atoms with Crippen molar-refractivity contribution in [2.45, 2.75) is 12.7 Å². The average Bonchev–Trinajstić information content (AvgIpc) is 3.16. The van der Waals surface area contributed by atoms with Crippen molar-refractivity contribution >= 4 is 27.5 Å². The van der Waals surface area contributed by atoms with Gasteiger partial charge >= 0.3 is 6.18 Å². The average molecular weight is 475 g/mol. The van der Waals surface area contributed by atoms with Crippen LogP contribution in [0.5, 0.6) is 0 Å². The van der Waals surface area contributed by atoms with Gasteiger partial charge in [0, 0.05) is 22.6 Å². The Morgan fingerprint density at radius 1 is 1.03 bits per heavy atom. The summed E-state index contributed by atoms with van der Waals surface area (Å²) in [4.78, 5) is 16.7. The topological polar surface area (TPSA) is 59.3 Å². The van der Waals surface area contributed by atoms with Gasteiger partial charge in [-0.05, 0) is 23.8 Å². The molecule has 4 rings (SSSR count). The highest BCUT2D eigenvalue weighted by atomic mass is 79.9. The Hall–Kier alpha value is -3.20. The fraction of sp³-hybridized carbons (Fsp3) is 0.0952. The van der Waals surface area contributed by atoms with E-state index in [2.05, 4.69) is 31.3 Å². The van der Waals surface area contributed by atoms with Crippen molar-refractivity contribution in [3.05, 3.63) is 88.2 Å². The Labute approximate surface area is 177 Å². The Kier molecular flexibility index (Phi) is 5.29. The van der Waals surface area contributed by atoms with Gasteiger partial charge in [-0.2, -0.15) is 18.3 Å². The summed E-state index contributed by atoms with van der Waals surface area (Å²) in [6, 6.07) is 18.1. The molecule has 2 aromatic heterocycles. The predicted octanol–water partition coefficient (Wildman–Crippen LogP) is 5.11. The standard InChI is InChI=1S/C21H14BrF3N4O/c22-15-8-6-14(7-9-15)16-10-18(21(23,24)25)29-19(27-16)11-17(28-29)20(30)26-12-13-4-2-1-3-5-13/h1-11H,12H2,(H,26,30). The summed E-state index contributed by atoms with van der Waals surface area (Å²) in [7, 11) is 0. The van der Waals surface area contributed by atoms with E-state index in [0.29, 0.717) is 10.1 Å².